The Hall–Kier alpha value is -7.29. The molecule has 0 radical (unpaired) electrons. The Morgan fingerprint density at radius 2 is 0.807 bits per heavy atom. The molecule has 3 aliphatic rings. The predicted molar refractivity (Wildman–Crippen MR) is 232 cm³/mol. The molecule has 264 valence electrons. The van der Waals surface area contributed by atoms with Crippen LogP contribution in [0.3, 0.4) is 0 Å². The average molecular weight is 723 g/mol. The molecule has 2 nitrogen and oxygen atoms in total. The Labute approximate surface area is 331 Å². The zero-order valence-corrected chi connectivity index (χ0v) is 31.0. The molecule has 10 aromatic rings. The molecule has 0 bridgehead atoms. The zero-order valence-electron chi connectivity index (χ0n) is 31.0. The monoisotopic (exact) mass is 722 g/mol. The molecule has 2 aromatic heterocycles. The lowest BCUT2D eigenvalue weighted by molar-refractivity contribution is 0.767. The van der Waals surface area contributed by atoms with E-state index < -0.39 is 10.8 Å². The third-order valence-electron chi connectivity index (χ3n) is 13.4. The highest BCUT2D eigenvalue weighted by Gasteiger charge is 2.52. The molecule has 2 heteroatoms. The zero-order chi connectivity index (χ0) is 37.3. The summed E-state index contributed by atoms with van der Waals surface area (Å²) in [6.07, 6.45) is 3.87. The molecular formula is C55H34N2. The number of nitrogens with zero attached hydrogens (tertiary/aromatic N) is 2. The van der Waals surface area contributed by atoms with E-state index in [1.807, 2.05) is 12.4 Å². The number of hydrogen-bond donors (Lipinski definition) is 0. The van der Waals surface area contributed by atoms with Crippen LogP contribution in [0.25, 0.3) is 60.9 Å². The molecule has 57 heavy (non-hydrogen) atoms. The third-order valence-corrected chi connectivity index (χ3v) is 13.4. The van der Waals surface area contributed by atoms with Crippen LogP contribution in [0, 0.1) is 0 Å². The Morgan fingerprint density at radius 3 is 1.46 bits per heavy atom. The highest BCUT2D eigenvalue weighted by Crippen LogP contribution is 2.63. The molecule has 8 aromatic carbocycles. The van der Waals surface area contributed by atoms with Gasteiger partial charge in [0.1, 0.15) is 0 Å². The Morgan fingerprint density at radius 1 is 0.316 bits per heavy atom. The van der Waals surface area contributed by atoms with E-state index in [0.29, 0.717) is 0 Å². The van der Waals surface area contributed by atoms with Gasteiger partial charge in [0, 0.05) is 28.9 Å². The van der Waals surface area contributed by atoms with Crippen LogP contribution in [0.5, 0.6) is 0 Å². The summed E-state index contributed by atoms with van der Waals surface area (Å²) in [5.41, 5.74) is 21.0. The van der Waals surface area contributed by atoms with Gasteiger partial charge < -0.3 is 4.57 Å². The van der Waals surface area contributed by atoms with Gasteiger partial charge in [-0.1, -0.05) is 152 Å². The van der Waals surface area contributed by atoms with Crippen molar-refractivity contribution in [3.63, 3.8) is 0 Å². The number of rotatable bonds is 3. The summed E-state index contributed by atoms with van der Waals surface area (Å²) in [6.45, 7) is 0. The molecule has 1 unspecified atom stereocenters. The molecule has 0 saturated heterocycles. The van der Waals surface area contributed by atoms with Gasteiger partial charge in [0.2, 0.25) is 0 Å². The van der Waals surface area contributed by atoms with Crippen LogP contribution >= 0.6 is 0 Å². The van der Waals surface area contributed by atoms with Crippen molar-refractivity contribution in [2.24, 2.45) is 0 Å². The van der Waals surface area contributed by atoms with E-state index in [0.717, 1.165) is 0 Å². The smallest absolute Gasteiger partial charge is 0.0726 e. The molecule has 13 rings (SSSR count). The average Bonchev–Trinajstić information content (AvgIpc) is 3.97. The molecule has 2 heterocycles. The number of benzene rings is 8. The Balaban J connectivity index is 1.13. The minimum Gasteiger partial charge on any atom is -0.309 e. The van der Waals surface area contributed by atoms with Crippen LogP contribution in [-0.4, -0.2) is 9.55 Å². The molecule has 1 atom stereocenters. The third kappa shape index (κ3) is 3.73. The maximum Gasteiger partial charge on any atom is 0.0726 e. The number of hydrogen-bond acceptors (Lipinski definition) is 1. The summed E-state index contributed by atoms with van der Waals surface area (Å²) in [4.78, 5) is 4.47. The minimum atomic E-state index is -0.498. The first-order valence-electron chi connectivity index (χ1n) is 19.9. The molecule has 0 aliphatic heterocycles. The van der Waals surface area contributed by atoms with Crippen molar-refractivity contribution in [2.45, 2.75) is 10.8 Å². The maximum absolute atomic E-state index is 4.47. The standard InChI is InChI=1S/C55H34N2/c1-2-14-35(15-3-1)54(36-28-30-56-31-29-36)46-21-9-7-19-41(46)44-34-53-45(33-51(44)54)43-20-8-13-25-52(43)57(53)37-26-27-42-40-18-6-12-24-49(40)55(50(42)32-37)47-22-10-4-16-38(47)39-17-5-11-23-48(39)55/h1-34H. The highest BCUT2D eigenvalue weighted by molar-refractivity contribution is 6.12. The highest BCUT2D eigenvalue weighted by atomic mass is 15.0. The van der Waals surface area contributed by atoms with Gasteiger partial charge in [-0.2, -0.15) is 0 Å². The Kier molecular flexibility index (Phi) is 6.06. The molecule has 1 spiro atoms. The van der Waals surface area contributed by atoms with Gasteiger partial charge in [-0.25, -0.2) is 0 Å². The van der Waals surface area contributed by atoms with E-state index in [1.165, 1.54) is 105 Å². The fourth-order valence-electron chi connectivity index (χ4n) is 11.3. The van der Waals surface area contributed by atoms with Gasteiger partial charge >= 0.3 is 0 Å². The molecule has 0 N–H and O–H groups in total. The lowest BCUT2D eigenvalue weighted by Crippen LogP contribution is -2.28. The maximum atomic E-state index is 4.47. The fraction of sp³-hybridized carbons (Fsp3) is 0.0364. The van der Waals surface area contributed by atoms with Gasteiger partial charge in [0.05, 0.1) is 21.9 Å². The van der Waals surface area contributed by atoms with Gasteiger partial charge in [-0.3, -0.25) is 4.98 Å². The van der Waals surface area contributed by atoms with E-state index in [2.05, 4.69) is 204 Å². The lowest BCUT2D eigenvalue weighted by atomic mass is 9.68. The number of aromatic nitrogens is 2. The first kappa shape index (κ1) is 31.0. The van der Waals surface area contributed by atoms with Gasteiger partial charge in [-0.15, -0.1) is 0 Å². The largest absolute Gasteiger partial charge is 0.309 e. The van der Waals surface area contributed by atoms with E-state index in [4.69, 9.17) is 0 Å². The van der Waals surface area contributed by atoms with Crippen molar-refractivity contribution < 1.29 is 0 Å². The SMILES string of the molecule is c1ccc(C2(c3ccncc3)c3ccccc3-c3cc4c(cc32)c2ccccc2n4-c2ccc3c(c2)C2(c4ccccc4-c4ccccc42)c2ccccc2-3)cc1. The summed E-state index contributed by atoms with van der Waals surface area (Å²) in [5, 5.41) is 2.50. The van der Waals surface area contributed by atoms with Crippen LogP contribution in [0.4, 0.5) is 0 Å². The summed E-state index contributed by atoms with van der Waals surface area (Å²) in [7, 11) is 0. The predicted octanol–water partition coefficient (Wildman–Crippen LogP) is 12.9. The number of fused-ring (bicyclic) bond motifs is 16. The lowest BCUT2D eigenvalue weighted by Gasteiger charge is -2.33. The number of para-hydroxylation sites is 1. The van der Waals surface area contributed by atoms with Gasteiger partial charge in [-0.05, 0) is 120 Å². The summed E-state index contributed by atoms with van der Waals surface area (Å²) >= 11 is 0. The van der Waals surface area contributed by atoms with E-state index in [9.17, 15) is 0 Å². The molecular weight excluding hydrogens is 689 g/mol. The minimum absolute atomic E-state index is 0.409. The summed E-state index contributed by atoms with van der Waals surface area (Å²) < 4.78 is 2.52. The topological polar surface area (TPSA) is 17.8 Å². The quantitative estimate of drug-likeness (QED) is 0.178. The second kappa shape index (κ2) is 11.2. The molecule has 0 saturated carbocycles. The van der Waals surface area contributed by atoms with Crippen LogP contribution in [0.1, 0.15) is 44.5 Å². The van der Waals surface area contributed by atoms with Crippen LogP contribution in [-0.2, 0) is 10.8 Å². The normalized spacial score (nSPS) is 16.3. The van der Waals surface area contributed by atoms with Crippen LogP contribution in [0.15, 0.2) is 207 Å². The Bertz CT molecular complexity index is 3190. The van der Waals surface area contributed by atoms with Gasteiger partial charge in [0.15, 0.2) is 0 Å². The van der Waals surface area contributed by atoms with Crippen molar-refractivity contribution in [3.8, 4) is 39.1 Å². The molecule has 0 fully saturated rings. The van der Waals surface area contributed by atoms with E-state index in [1.54, 1.807) is 0 Å². The van der Waals surface area contributed by atoms with Crippen molar-refractivity contribution >= 4 is 21.8 Å². The number of pyridine rings is 1. The van der Waals surface area contributed by atoms with E-state index in [-0.39, 0.29) is 0 Å². The van der Waals surface area contributed by atoms with Crippen molar-refractivity contribution in [1.29, 1.82) is 0 Å². The van der Waals surface area contributed by atoms with Crippen molar-refractivity contribution in [1.82, 2.24) is 9.55 Å². The van der Waals surface area contributed by atoms with Gasteiger partial charge in [0.25, 0.3) is 0 Å². The fourth-order valence-corrected chi connectivity index (χ4v) is 11.3. The van der Waals surface area contributed by atoms with Crippen LogP contribution < -0.4 is 0 Å². The second-order valence-corrected chi connectivity index (χ2v) is 15.8. The van der Waals surface area contributed by atoms with Crippen molar-refractivity contribution in [3.05, 3.63) is 251 Å². The summed E-state index contributed by atoms with van der Waals surface area (Å²) in [6, 6.07) is 72.8. The second-order valence-electron chi connectivity index (χ2n) is 15.8. The summed E-state index contributed by atoms with van der Waals surface area (Å²) in [5.74, 6) is 0. The van der Waals surface area contributed by atoms with Crippen molar-refractivity contribution in [2.75, 3.05) is 0 Å². The first-order chi connectivity index (χ1) is 28.3. The van der Waals surface area contributed by atoms with E-state index >= 15 is 0 Å². The molecule has 0 amide bonds. The first-order valence-corrected chi connectivity index (χ1v) is 19.9. The van der Waals surface area contributed by atoms with Crippen LogP contribution in [0.2, 0.25) is 0 Å². The molecule has 3 aliphatic carbocycles.